The third kappa shape index (κ3) is 7.32. The minimum absolute atomic E-state index is 0.0366. The van der Waals surface area contributed by atoms with E-state index in [2.05, 4.69) is 35.9 Å². The normalized spacial score (nSPS) is 9.84. The molecule has 2 N–H and O–H groups in total. The number of nitro benzene ring substituents is 1. The van der Waals surface area contributed by atoms with Crippen LogP contribution in [0.5, 0.6) is 0 Å². The summed E-state index contributed by atoms with van der Waals surface area (Å²) in [5.74, 6) is -0.0366. The van der Waals surface area contributed by atoms with Crippen molar-refractivity contribution >= 4 is 28.3 Å². The van der Waals surface area contributed by atoms with E-state index in [9.17, 15) is 14.9 Å². The largest absolute Gasteiger partial charge is 0.383 e. The molecule has 0 spiro atoms. The summed E-state index contributed by atoms with van der Waals surface area (Å²) >= 11 is 0. The van der Waals surface area contributed by atoms with Crippen LogP contribution in [0.3, 0.4) is 0 Å². The maximum atomic E-state index is 11.2. The third-order valence-electron chi connectivity index (χ3n) is 3.94. The van der Waals surface area contributed by atoms with Crippen LogP contribution in [-0.2, 0) is 17.8 Å². The van der Waals surface area contributed by atoms with Crippen molar-refractivity contribution in [2.24, 2.45) is 0 Å². The maximum absolute atomic E-state index is 11.2. The molecule has 0 bridgehead atoms. The number of nitrogens with zero attached hydrogens (tertiary/aromatic N) is 6. The summed E-state index contributed by atoms with van der Waals surface area (Å²) in [4.78, 5) is 21.7. The molecule has 0 unspecified atom stereocenters. The number of hydrogen-bond acceptors (Lipinski definition) is 9. The van der Waals surface area contributed by atoms with Gasteiger partial charge in [0, 0.05) is 45.2 Å². The number of benzene rings is 1. The second-order valence-electron chi connectivity index (χ2n) is 5.78. The molecule has 0 saturated heterocycles. The van der Waals surface area contributed by atoms with Crippen LogP contribution in [0.15, 0.2) is 23.0 Å². The van der Waals surface area contributed by atoms with Gasteiger partial charge >= 0.3 is 5.69 Å². The molecule has 31 heavy (non-hydrogen) atoms. The number of amides is 1. The van der Waals surface area contributed by atoms with Gasteiger partial charge in [0.05, 0.1) is 16.3 Å². The number of aryl methyl sites for hydroxylation is 2. The first-order chi connectivity index (χ1) is 15.1. The van der Waals surface area contributed by atoms with Crippen molar-refractivity contribution in [3.05, 3.63) is 34.1 Å². The fraction of sp³-hybridized carbons (Fsp3) is 0.526. The van der Waals surface area contributed by atoms with Gasteiger partial charge in [-0.3, -0.25) is 19.6 Å². The number of hydrogen-bond donors (Lipinski definition) is 2. The standard InChI is InChI=1S/C15H18N8O4.2C2H6/c1-16-13(24)6-3-10-9-22(21-18-10)8-2-7-17-11-4-5-12(23(25)26)15-14(11)19-27-20-15;2*1-2/h4-5,9,17H,2-3,6-8H2,1H3,(H,16,24);2*1-2H3. The molecular formula is C19H30N8O4. The van der Waals surface area contributed by atoms with E-state index in [-0.39, 0.29) is 17.1 Å². The Morgan fingerprint density at radius 2 is 1.90 bits per heavy atom. The first-order valence-corrected chi connectivity index (χ1v) is 10.3. The number of nitro groups is 1. The van der Waals surface area contributed by atoms with Gasteiger partial charge in [0.2, 0.25) is 11.4 Å². The number of anilines is 1. The number of non-ortho nitro benzene ring substituents is 1. The van der Waals surface area contributed by atoms with Gasteiger partial charge in [-0.1, -0.05) is 32.9 Å². The number of aromatic nitrogens is 5. The Kier molecular flexibility index (Phi) is 11.2. The monoisotopic (exact) mass is 434 g/mol. The van der Waals surface area contributed by atoms with Gasteiger partial charge in [0.15, 0.2) is 5.52 Å². The summed E-state index contributed by atoms with van der Waals surface area (Å²) in [5, 5.41) is 32.1. The molecule has 12 nitrogen and oxygen atoms in total. The Hall–Kier alpha value is -3.57. The summed E-state index contributed by atoms with van der Waals surface area (Å²) in [5.41, 5.74) is 1.66. The van der Waals surface area contributed by atoms with Crippen molar-refractivity contribution in [3.63, 3.8) is 0 Å². The molecule has 3 rings (SSSR count). The van der Waals surface area contributed by atoms with Gasteiger partial charge < -0.3 is 10.6 Å². The van der Waals surface area contributed by atoms with Gasteiger partial charge in [0.25, 0.3) is 0 Å². The lowest BCUT2D eigenvalue weighted by Gasteiger charge is -2.06. The number of carbonyl (C=O) groups excluding carboxylic acids is 1. The van der Waals surface area contributed by atoms with E-state index in [1.807, 2.05) is 33.9 Å². The summed E-state index contributed by atoms with van der Waals surface area (Å²) in [6, 6.07) is 2.95. The predicted octanol–water partition coefficient (Wildman–Crippen LogP) is 2.96. The highest BCUT2D eigenvalue weighted by atomic mass is 16.6. The van der Waals surface area contributed by atoms with E-state index in [4.69, 9.17) is 0 Å². The van der Waals surface area contributed by atoms with Gasteiger partial charge in [-0.15, -0.1) is 5.10 Å². The average Bonchev–Trinajstić information content (AvgIpc) is 3.47. The fourth-order valence-corrected chi connectivity index (χ4v) is 2.54. The second kappa shape index (κ2) is 13.6. The highest BCUT2D eigenvalue weighted by Crippen LogP contribution is 2.28. The fourth-order valence-electron chi connectivity index (χ4n) is 2.54. The van der Waals surface area contributed by atoms with Crippen LogP contribution >= 0.6 is 0 Å². The molecular weight excluding hydrogens is 404 g/mol. The van der Waals surface area contributed by atoms with Crippen molar-refractivity contribution in [3.8, 4) is 0 Å². The Labute approximate surface area is 180 Å². The van der Waals surface area contributed by atoms with Crippen LogP contribution in [0.2, 0.25) is 0 Å². The quantitative estimate of drug-likeness (QED) is 0.294. The van der Waals surface area contributed by atoms with Crippen LogP contribution in [0.1, 0.15) is 46.2 Å². The summed E-state index contributed by atoms with van der Waals surface area (Å²) in [6.45, 7) is 9.22. The molecule has 0 aliphatic rings. The highest BCUT2D eigenvalue weighted by Gasteiger charge is 2.19. The zero-order valence-corrected chi connectivity index (χ0v) is 18.6. The minimum Gasteiger partial charge on any atom is -0.383 e. The molecule has 0 radical (unpaired) electrons. The van der Waals surface area contributed by atoms with E-state index >= 15 is 0 Å². The molecule has 12 heteroatoms. The molecule has 0 atom stereocenters. The number of nitrogens with one attached hydrogen (secondary N) is 2. The van der Waals surface area contributed by atoms with Gasteiger partial charge in [-0.2, -0.15) is 0 Å². The first kappa shape index (κ1) is 25.5. The van der Waals surface area contributed by atoms with Crippen LogP contribution in [0.4, 0.5) is 11.4 Å². The van der Waals surface area contributed by atoms with Crippen molar-refractivity contribution < 1.29 is 14.3 Å². The lowest BCUT2D eigenvalue weighted by molar-refractivity contribution is -0.383. The lowest BCUT2D eigenvalue weighted by atomic mass is 10.2. The topological polar surface area (TPSA) is 154 Å². The zero-order chi connectivity index (χ0) is 23.2. The molecule has 1 aromatic carbocycles. The predicted molar refractivity (Wildman–Crippen MR) is 117 cm³/mol. The summed E-state index contributed by atoms with van der Waals surface area (Å²) < 4.78 is 6.34. The van der Waals surface area contributed by atoms with E-state index < -0.39 is 4.92 Å². The number of fused-ring (bicyclic) bond motifs is 1. The molecule has 0 saturated carbocycles. The highest BCUT2D eigenvalue weighted by molar-refractivity contribution is 5.93. The average molecular weight is 435 g/mol. The van der Waals surface area contributed by atoms with Gasteiger partial charge in [0.1, 0.15) is 0 Å². The van der Waals surface area contributed by atoms with Crippen LogP contribution in [-0.4, -0.2) is 49.7 Å². The molecule has 0 aliphatic carbocycles. The van der Waals surface area contributed by atoms with Crippen molar-refractivity contribution in [1.29, 1.82) is 0 Å². The van der Waals surface area contributed by atoms with Crippen LogP contribution in [0, 0.1) is 10.1 Å². The van der Waals surface area contributed by atoms with Crippen molar-refractivity contribution in [2.45, 2.75) is 53.5 Å². The Morgan fingerprint density at radius 3 is 2.58 bits per heavy atom. The SMILES string of the molecule is CC.CC.CNC(=O)CCc1cn(CCCNc2ccc([N+](=O)[O-])c3nonc23)nn1. The third-order valence-corrected chi connectivity index (χ3v) is 3.94. The van der Waals surface area contributed by atoms with Crippen LogP contribution in [0.25, 0.3) is 11.0 Å². The Morgan fingerprint density at radius 1 is 1.19 bits per heavy atom. The Balaban J connectivity index is 0.00000113. The van der Waals surface area contributed by atoms with E-state index in [0.717, 1.165) is 12.1 Å². The smallest absolute Gasteiger partial charge is 0.300 e. The molecule has 0 aliphatic heterocycles. The second-order valence-corrected chi connectivity index (χ2v) is 5.78. The summed E-state index contributed by atoms with van der Waals surface area (Å²) in [7, 11) is 1.60. The molecule has 0 fully saturated rings. The molecule has 170 valence electrons. The number of rotatable bonds is 9. The molecule has 1 amide bonds. The van der Waals surface area contributed by atoms with E-state index in [1.165, 1.54) is 6.07 Å². The van der Waals surface area contributed by atoms with Crippen LogP contribution < -0.4 is 10.6 Å². The minimum atomic E-state index is -0.525. The Bertz CT molecular complexity index is 953. The molecule has 3 aromatic rings. The molecule has 2 heterocycles. The zero-order valence-electron chi connectivity index (χ0n) is 18.6. The van der Waals surface area contributed by atoms with E-state index in [0.29, 0.717) is 37.1 Å². The van der Waals surface area contributed by atoms with Crippen molar-refractivity contribution in [1.82, 2.24) is 30.6 Å². The number of carbonyl (C=O) groups is 1. The van der Waals surface area contributed by atoms with Crippen molar-refractivity contribution in [2.75, 3.05) is 18.9 Å². The van der Waals surface area contributed by atoms with E-state index in [1.54, 1.807) is 17.8 Å². The van der Waals surface area contributed by atoms with Gasteiger partial charge in [-0.05, 0) is 22.8 Å². The summed E-state index contributed by atoms with van der Waals surface area (Å²) in [6.07, 6.45) is 3.47. The maximum Gasteiger partial charge on any atom is 0.300 e. The van der Waals surface area contributed by atoms with Gasteiger partial charge in [-0.25, -0.2) is 4.63 Å². The lowest BCUT2D eigenvalue weighted by Crippen LogP contribution is -2.17. The first-order valence-electron chi connectivity index (χ1n) is 10.3. The molecule has 2 aromatic heterocycles.